The van der Waals surface area contributed by atoms with Crippen molar-refractivity contribution >= 4 is 22.6 Å². The van der Waals surface area contributed by atoms with Gasteiger partial charge in [0.1, 0.15) is 18.0 Å². The van der Waals surface area contributed by atoms with Crippen LogP contribution in [0.15, 0.2) is 42.5 Å². The lowest BCUT2D eigenvalue weighted by molar-refractivity contribution is 0.220. The zero-order valence-electron chi connectivity index (χ0n) is 10.6. The summed E-state index contributed by atoms with van der Waals surface area (Å²) in [6.07, 6.45) is 0.582. The second-order valence-corrected chi connectivity index (χ2v) is 6.20. The Morgan fingerprint density at radius 3 is 2.79 bits per heavy atom. The number of fused-ring (bicyclic) bond motifs is 1. The molecule has 3 heteroatoms. The molecule has 0 amide bonds. The topological polar surface area (TPSA) is 29.5 Å². The highest BCUT2D eigenvalue weighted by atomic mass is 127. The van der Waals surface area contributed by atoms with Gasteiger partial charge < -0.3 is 9.84 Å². The monoisotopic (exact) mass is 366 g/mol. The Morgan fingerprint density at radius 2 is 2.00 bits per heavy atom. The third kappa shape index (κ3) is 2.62. The van der Waals surface area contributed by atoms with Crippen LogP contribution in [-0.4, -0.2) is 11.2 Å². The van der Waals surface area contributed by atoms with Crippen molar-refractivity contribution < 1.29 is 9.84 Å². The Bertz CT molecular complexity index is 609. The van der Waals surface area contributed by atoms with E-state index in [2.05, 4.69) is 35.6 Å². The largest absolute Gasteiger partial charge is 0.490 e. The van der Waals surface area contributed by atoms with Gasteiger partial charge in [-0.05, 0) is 70.5 Å². The predicted molar refractivity (Wildman–Crippen MR) is 83.5 cm³/mol. The molecule has 1 heterocycles. The minimum Gasteiger partial charge on any atom is -0.490 e. The van der Waals surface area contributed by atoms with Crippen LogP contribution < -0.4 is 4.74 Å². The van der Waals surface area contributed by atoms with Gasteiger partial charge in [0, 0.05) is 9.99 Å². The fraction of sp³-hybridized carbons (Fsp3) is 0.250. The SMILES string of the molecule is CC1Cc2cc(C(O)c3cccc(I)c3)ccc2O1. The van der Waals surface area contributed by atoms with E-state index in [1.165, 1.54) is 5.56 Å². The van der Waals surface area contributed by atoms with Crippen molar-refractivity contribution in [3.8, 4) is 5.75 Å². The standard InChI is InChI=1S/C16H15IO2/c1-10-7-13-8-12(5-6-15(13)19-10)16(18)11-3-2-4-14(17)9-11/h2-6,8-10,16,18H,7H2,1H3. The van der Waals surface area contributed by atoms with Gasteiger partial charge in [-0.3, -0.25) is 0 Å². The number of benzene rings is 2. The third-order valence-electron chi connectivity index (χ3n) is 3.40. The number of rotatable bonds is 2. The van der Waals surface area contributed by atoms with E-state index >= 15 is 0 Å². The highest BCUT2D eigenvalue weighted by molar-refractivity contribution is 14.1. The second kappa shape index (κ2) is 5.13. The average molecular weight is 366 g/mol. The molecule has 3 rings (SSSR count). The van der Waals surface area contributed by atoms with E-state index in [0.29, 0.717) is 0 Å². The maximum Gasteiger partial charge on any atom is 0.123 e. The molecular formula is C16H15IO2. The summed E-state index contributed by atoms with van der Waals surface area (Å²) >= 11 is 2.26. The van der Waals surface area contributed by atoms with E-state index in [9.17, 15) is 5.11 Å². The van der Waals surface area contributed by atoms with Crippen LogP contribution in [0.4, 0.5) is 0 Å². The molecular weight excluding hydrogens is 351 g/mol. The summed E-state index contributed by atoms with van der Waals surface area (Å²) in [5, 5.41) is 10.5. The molecule has 2 aromatic rings. The molecule has 98 valence electrons. The zero-order chi connectivity index (χ0) is 13.4. The Morgan fingerprint density at radius 1 is 1.21 bits per heavy atom. The lowest BCUT2D eigenvalue weighted by atomic mass is 9.98. The molecule has 0 aromatic heterocycles. The molecule has 2 atom stereocenters. The molecule has 1 aliphatic rings. The van der Waals surface area contributed by atoms with Crippen molar-refractivity contribution in [1.82, 2.24) is 0 Å². The van der Waals surface area contributed by atoms with Crippen LogP contribution >= 0.6 is 22.6 Å². The fourth-order valence-corrected chi connectivity index (χ4v) is 3.05. The van der Waals surface area contributed by atoms with Gasteiger partial charge in [-0.15, -0.1) is 0 Å². The van der Waals surface area contributed by atoms with E-state index in [1.807, 2.05) is 36.4 Å². The van der Waals surface area contributed by atoms with E-state index in [4.69, 9.17) is 4.74 Å². The molecule has 19 heavy (non-hydrogen) atoms. The molecule has 0 saturated carbocycles. The molecule has 0 spiro atoms. The lowest BCUT2D eigenvalue weighted by Crippen LogP contribution is -2.05. The van der Waals surface area contributed by atoms with Gasteiger partial charge in [-0.25, -0.2) is 0 Å². The van der Waals surface area contributed by atoms with Crippen molar-refractivity contribution in [2.45, 2.75) is 25.6 Å². The molecule has 0 fully saturated rings. The van der Waals surface area contributed by atoms with E-state index < -0.39 is 6.10 Å². The zero-order valence-corrected chi connectivity index (χ0v) is 12.8. The first-order valence-electron chi connectivity index (χ1n) is 6.36. The Balaban J connectivity index is 1.93. The van der Waals surface area contributed by atoms with E-state index in [1.54, 1.807) is 0 Å². The van der Waals surface area contributed by atoms with Gasteiger partial charge in [0.15, 0.2) is 0 Å². The molecule has 0 aliphatic carbocycles. The molecule has 2 aromatic carbocycles. The molecule has 0 radical (unpaired) electrons. The minimum absolute atomic E-state index is 0.236. The smallest absolute Gasteiger partial charge is 0.123 e. The Labute approximate surface area is 126 Å². The summed E-state index contributed by atoms with van der Waals surface area (Å²) in [7, 11) is 0. The van der Waals surface area contributed by atoms with Crippen LogP contribution in [0.2, 0.25) is 0 Å². The summed E-state index contributed by atoms with van der Waals surface area (Å²) in [5.41, 5.74) is 3.05. The van der Waals surface area contributed by atoms with Crippen LogP contribution in [-0.2, 0) is 6.42 Å². The van der Waals surface area contributed by atoms with Crippen molar-refractivity contribution in [3.05, 3.63) is 62.7 Å². The molecule has 1 aliphatic heterocycles. The molecule has 2 nitrogen and oxygen atoms in total. The third-order valence-corrected chi connectivity index (χ3v) is 4.07. The van der Waals surface area contributed by atoms with Crippen molar-refractivity contribution in [3.63, 3.8) is 0 Å². The molecule has 2 unspecified atom stereocenters. The number of halogens is 1. The van der Waals surface area contributed by atoms with Crippen LogP contribution in [0.1, 0.15) is 29.7 Å². The highest BCUT2D eigenvalue weighted by Crippen LogP contribution is 2.32. The van der Waals surface area contributed by atoms with Crippen LogP contribution in [0, 0.1) is 3.57 Å². The van der Waals surface area contributed by atoms with Gasteiger partial charge in [-0.1, -0.05) is 18.2 Å². The molecule has 1 N–H and O–H groups in total. The minimum atomic E-state index is -0.573. The Hall–Kier alpha value is -1.07. The first-order valence-corrected chi connectivity index (χ1v) is 7.44. The van der Waals surface area contributed by atoms with E-state index in [0.717, 1.165) is 26.9 Å². The number of ether oxygens (including phenoxy) is 1. The molecule has 0 saturated heterocycles. The van der Waals surface area contributed by atoms with Crippen LogP contribution in [0.25, 0.3) is 0 Å². The summed E-state index contributed by atoms with van der Waals surface area (Å²) < 4.78 is 6.82. The fourth-order valence-electron chi connectivity index (χ4n) is 2.48. The van der Waals surface area contributed by atoms with Gasteiger partial charge >= 0.3 is 0 Å². The lowest BCUT2D eigenvalue weighted by Gasteiger charge is -2.13. The summed E-state index contributed by atoms with van der Waals surface area (Å²) in [6, 6.07) is 13.9. The van der Waals surface area contributed by atoms with Gasteiger partial charge in [0.25, 0.3) is 0 Å². The number of aliphatic hydroxyl groups excluding tert-OH is 1. The summed E-state index contributed by atoms with van der Waals surface area (Å²) in [4.78, 5) is 0. The summed E-state index contributed by atoms with van der Waals surface area (Å²) in [5.74, 6) is 0.950. The van der Waals surface area contributed by atoms with Crippen molar-refractivity contribution in [2.75, 3.05) is 0 Å². The van der Waals surface area contributed by atoms with Crippen LogP contribution in [0.5, 0.6) is 5.75 Å². The highest BCUT2D eigenvalue weighted by Gasteiger charge is 2.21. The predicted octanol–water partition coefficient (Wildman–Crippen LogP) is 3.70. The van der Waals surface area contributed by atoms with Gasteiger partial charge in [0.05, 0.1) is 0 Å². The maximum absolute atomic E-state index is 10.5. The van der Waals surface area contributed by atoms with Crippen LogP contribution in [0.3, 0.4) is 0 Å². The number of aliphatic hydroxyl groups is 1. The second-order valence-electron chi connectivity index (χ2n) is 4.96. The van der Waals surface area contributed by atoms with Crippen molar-refractivity contribution in [1.29, 1.82) is 0 Å². The summed E-state index contributed by atoms with van der Waals surface area (Å²) in [6.45, 7) is 2.07. The normalized spacial score (nSPS) is 18.8. The number of hydrogen-bond donors (Lipinski definition) is 1. The van der Waals surface area contributed by atoms with Crippen molar-refractivity contribution in [2.24, 2.45) is 0 Å². The number of hydrogen-bond acceptors (Lipinski definition) is 2. The quantitative estimate of drug-likeness (QED) is 0.822. The van der Waals surface area contributed by atoms with E-state index in [-0.39, 0.29) is 6.10 Å². The van der Waals surface area contributed by atoms with Gasteiger partial charge in [-0.2, -0.15) is 0 Å². The first kappa shape index (κ1) is 12.9. The first-order chi connectivity index (χ1) is 9.13. The molecule has 0 bridgehead atoms. The van der Waals surface area contributed by atoms with Gasteiger partial charge in [0.2, 0.25) is 0 Å². The maximum atomic E-state index is 10.5. The Kier molecular flexibility index (Phi) is 3.50. The average Bonchev–Trinajstić information content (AvgIpc) is 2.76.